The minimum absolute atomic E-state index is 0.0130. The number of nitrogens with one attached hydrogen (secondary N) is 2. The van der Waals surface area contributed by atoms with Crippen molar-refractivity contribution < 1.29 is 9.47 Å². The summed E-state index contributed by atoms with van der Waals surface area (Å²) >= 11 is 0. The van der Waals surface area contributed by atoms with Gasteiger partial charge in [0.25, 0.3) is 5.56 Å². The minimum atomic E-state index is -0.414. The van der Waals surface area contributed by atoms with Gasteiger partial charge in [0.1, 0.15) is 11.5 Å². The zero-order valence-corrected chi connectivity index (χ0v) is 14.1. The number of hydrogen-bond donors (Lipinski definition) is 3. The number of ether oxygens (including phenoxy) is 2. The van der Waals surface area contributed by atoms with Gasteiger partial charge in [0.15, 0.2) is 0 Å². The van der Waals surface area contributed by atoms with E-state index in [1.165, 1.54) is 7.11 Å². The molecule has 0 aliphatic rings. The largest absolute Gasteiger partial charge is 0.497 e. The molecule has 0 fully saturated rings. The second-order valence-electron chi connectivity index (χ2n) is 4.98. The number of aromatic amines is 1. The first-order chi connectivity index (χ1) is 12.0. The predicted molar refractivity (Wildman–Crippen MR) is 93.4 cm³/mol. The van der Waals surface area contributed by atoms with Crippen LogP contribution in [0.2, 0.25) is 0 Å². The van der Waals surface area contributed by atoms with Crippen molar-refractivity contribution in [3.8, 4) is 17.6 Å². The fourth-order valence-corrected chi connectivity index (χ4v) is 2.12. The topological polar surface area (TPSA) is 138 Å². The number of rotatable bonds is 5. The van der Waals surface area contributed by atoms with E-state index in [1.54, 1.807) is 32.2 Å². The van der Waals surface area contributed by atoms with Crippen molar-refractivity contribution in [2.24, 2.45) is 10.7 Å². The van der Waals surface area contributed by atoms with Crippen molar-refractivity contribution in [2.75, 3.05) is 19.5 Å². The van der Waals surface area contributed by atoms with Crippen molar-refractivity contribution in [1.82, 2.24) is 9.97 Å². The van der Waals surface area contributed by atoms with E-state index in [1.807, 2.05) is 6.07 Å². The lowest BCUT2D eigenvalue weighted by molar-refractivity contribution is 0.395. The number of nitrogens with two attached hydrogens (primary N) is 1. The first kappa shape index (κ1) is 17.8. The zero-order chi connectivity index (χ0) is 18.4. The van der Waals surface area contributed by atoms with E-state index in [0.717, 1.165) is 0 Å². The normalized spacial score (nSPS) is 10.9. The summed E-state index contributed by atoms with van der Waals surface area (Å²) in [5.74, 6) is 1.20. The molecule has 0 bridgehead atoms. The molecule has 0 saturated carbocycles. The van der Waals surface area contributed by atoms with Crippen LogP contribution >= 0.6 is 0 Å². The number of benzene rings is 1. The molecular weight excluding hydrogens is 324 g/mol. The van der Waals surface area contributed by atoms with Crippen LogP contribution in [0.4, 0.5) is 11.6 Å². The molecule has 1 aromatic carbocycles. The molecule has 0 amide bonds. The van der Waals surface area contributed by atoms with Gasteiger partial charge in [0.2, 0.25) is 11.9 Å². The van der Waals surface area contributed by atoms with Gasteiger partial charge >= 0.3 is 0 Å². The number of nitriles is 1. The molecule has 0 aliphatic carbocycles. The summed E-state index contributed by atoms with van der Waals surface area (Å²) in [6.45, 7) is 1.64. The summed E-state index contributed by atoms with van der Waals surface area (Å²) in [6, 6.07) is 7.07. The van der Waals surface area contributed by atoms with Crippen molar-refractivity contribution in [2.45, 2.75) is 13.3 Å². The SMILES string of the molecule is COc1ccc(NC(N)=Nc2nc(C)c(CC#N)c(=O)[nH]2)c(OC)c1. The fourth-order valence-electron chi connectivity index (χ4n) is 2.12. The third-order valence-corrected chi connectivity index (χ3v) is 3.36. The zero-order valence-electron chi connectivity index (χ0n) is 14.1. The van der Waals surface area contributed by atoms with Gasteiger partial charge in [0.05, 0.1) is 43.7 Å². The van der Waals surface area contributed by atoms with Crippen LogP contribution in [-0.4, -0.2) is 30.1 Å². The molecule has 25 heavy (non-hydrogen) atoms. The molecule has 9 heteroatoms. The van der Waals surface area contributed by atoms with Gasteiger partial charge < -0.3 is 20.5 Å². The van der Waals surface area contributed by atoms with Gasteiger partial charge in [-0.05, 0) is 19.1 Å². The second-order valence-corrected chi connectivity index (χ2v) is 4.98. The lowest BCUT2D eigenvalue weighted by Gasteiger charge is -2.11. The van der Waals surface area contributed by atoms with Crippen LogP contribution in [0.3, 0.4) is 0 Å². The first-order valence-corrected chi connectivity index (χ1v) is 7.28. The van der Waals surface area contributed by atoms with E-state index in [-0.39, 0.29) is 18.3 Å². The molecule has 2 rings (SSSR count). The molecule has 4 N–H and O–H groups in total. The number of hydrogen-bond acceptors (Lipinski definition) is 6. The highest BCUT2D eigenvalue weighted by molar-refractivity contribution is 5.95. The summed E-state index contributed by atoms with van der Waals surface area (Å²) in [5.41, 5.74) is 6.77. The molecule has 0 spiro atoms. The van der Waals surface area contributed by atoms with E-state index in [2.05, 4.69) is 20.3 Å². The minimum Gasteiger partial charge on any atom is -0.497 e. The summed E-state index contributed by atoms with van der Waals surface area (Å²) in [7, 11) is 3.07. The number of aliphatic imine (C=N–C) groups is 1. The van der Waals surface area contributed by atoms with Crippen LogP contribution in [0.5, 0.6) is 11.5 Å². The third-order valence-electron chi connectivity index (χ3n) is 3.36. The van der Waals surface area contributed by atoms with Crippen molar-refractivity contribution >= 4 is 17.6 Å². The van der Waals surface area contributed by atoms with Crippen LogP contribution in [0, 0.1) is 18.3 Å². The van der Waals surface area contributed by atoms with Crippen LogP contribution in [0.25, 0.3) is 0 Å². The Morgan fingerprint density at radius 2 is 2.20 bits per heavy atom. The lowest BCUT2D eigenvalue weighted by atomic mass is 10.2. The third kappa shape index (κ3) is 4.26. The number of guanidine groups is 1. The average Bonchev–Trinajstić information content (AvgIpc) is 2.58. The fraction of sp³-hybridized carbons (Fsp3) is 0.250. The quantitative estimate of drug-likeness (QED) is 0.548. The number of aryl methyl sites for hydroxylation is 1. The van der Waals surface area contributed by atoms with Gasteiger partial charge in [-0.1, -0.05) is 0 Å². The smallest absolute Gasteiger partial charge is 0.256 e. The molecule has 0 saturated heterocycles. The summed E-state index contributed by atoms with van der Waals surface area (Å²) < 4.78 is 10.4. The molecule has 0 atom stereocenters. The van der Waals surface area contributed by atoms with Crippen molar-refractivity contribution in [3.63, 3.8) is 0 Å². The maximum atomic E-state index is 12.0. The maximum absolute atomic E-state index is 12.0. The molecule has 1 heterocycles. The van der Waals surface area contributed by atoms with Crippen LogP contribution in [-0.2, 0) is 6.42 Å². The van der Waals surface area contributed by atoms with Gasteiger partial charge in [0, 0.05) is 6.07 Å². The Morgan fingerprint density at radius 1 is 1.44 bits per heavy atom. The van der Waals surface area contributed by atoms with Gasteiger partial charge in [-0.3, -0.25) is 9.78 Å². The number of aromatic nitrogens is 2. The second kappa shape index (κ2) is 7.83. The molecule has 130 valence electrons. The van der Waals surface area contributed by atoms with E-state index >= 15 is 0 Å². The van der Waals surface area contributed by atoms with Crippen molar-refractivity contribution in [1.29, 1.82) is 5.26 Å². The highest BCUT2D eigenvalue weighted by Gasteiger charge is 2.09. The molecule has 2 aromatic rings. The molecule has 1 aromatic heterocycles. The Labute approximate surface area is 144 Å². The highest BCUT2D eigenvalue weighted by Crippen LogP contribution is 2.28. The summed E-state index contributed by atoms with van der Waals surface area (Å²) in [4.78, 5) is 22.6. The number of methoxy groups -OCH3 is 2. The standard InChI is InChI=1S/C16H18N6O3/c1-9-11(6-7-17)14(23)21-16(19-9)22-15(18)20-12-5-4-10(24-2)8-13(12)25-3/h4-5,8H,6H2,1-3H3,(H4,18,19,20,21,22,23). The maximum Gasteiger partial charge on any atom is 0.256 e. The molecular formula is C16H18N6O3. The van der Waals surface area contributed by atoms with Gasteiger partial charge in [-0.15, -0.1) is 0 Å². The van der Waals surface area contributed by atoms with Crippen LogP contribution in [0.1, 0.15) is 11.3 Å². The highest BCUT2D eigenvalue weighted by atomic mass is 16.5. The van der Waals surface area contributed by atoms with E-state index < -0.39 is 5.56 Å². The van der Waals surface area contributed by atoms with Crippen LogP contribution < -0.4 is 26.1 Å². The van der Waals surface area contributed by atoms with Crippen molar-refractivity contribution in [3.05, 3.63) is 39.8 Å². The van der Waals surface area contributed by atoms with E-state index in [0.29, 0.717) is 28.4 Å². The average molecular weight is 342 g/mol. The molecule has 0 aliphatic heterocycles. The molecule has 9 nitrogen and oxygen atoms in total. The number of H-pyrrole nitrogens is 1. The summed E-state index contributed by atoms with van der Waals surface area (Å²) in [6.07, 6.45) is -0.0189. The lowest BCUT2D eigenvalue weighted by Crippen LogP contribution is -2.23. The predicted octanol–water partition coefficient (Wildman–Crippen LogP) is 1.22. The molecule has 0 unspecified atom stereocenters. The Kier molecular flexibility index (Phi) is 5.58. The number of nitrogens with zero attached hydrogens (tertiary/aromatic N) is 3. The number of anilines is 1. The van der Waals surface area contributed by atoms with E-state index in [4.69, 9.17) is 20.5 Å². The van der Waals surface area contributed by atoms with Gasteiger partial charge in [-0.25, -0.2) is 4.98 Å². The molecule has 0 radical (unpaired) electrons. The Bertz CT molecular complexity index is 898. The van der Waals surface area contributed by atoms with Crippen LogP contribution in [0.15, 0.2) is 28.0 Å². The summed E-state index contributed by atoms with van der Waals surface area (Å²) in [5, 5.41) is 11.6. The monoisotopic (exact) mass is 342 g/mol. The Hall–Kier alpha value is -3.54. The first-order valence-electron chi connectivity index (χ1n) is 7.28. The van der Waals surface area contributed by atoms with E-state index in [9.17, 15) is 4.79 Å². The Morgan fingerprint density at radius 3 is 2.80 bits per heavy atom. The van der Waals surface area contributed by atoms with Gasteiger partial charge in [-0.2, -0.15) is 10.3 Å². The Balaban J connectivity index is 2.28.